The zero-order valence-corrected chi connectivity index (χ0v) is 11.3. The molecule has 0 aliphatic carbocycles. The Hall–Kier alpha value is -0.570. The highest BCUT2D eigenvalue weighted by Crippen LogP contribution is 2.00. The summed E-state index contributed by atoms with van der Waals surface area (Å²) in [6.07, 6.45) is 5.75. The smallest absolute Gasteiger partial charge is 0.236 e. The first-order chi connectivity index (χ1) is 7.61. The number of hydrogen-bond donors (Lipinski definition) is 2. The molecule has 2 atom stereocenters. The van der Waals surface area contributed by atoms with Crippen LogP contribution in [0.4, 0.5) is 0 Å². The van der Waals surface area contributed by atoms with Crippen LogP contribution in [-0.4, -0.2) is 24.5 Å². The van der Waals surface area contributed by atoms with E-state index >= 15 is 0 Å². The van der Waals surface area contributed by atoms with Gasteiger partial charge in [0.2, 0.25) is 5.91 Å². The molecule has 0 saturated heterocycles. The van der Waals surface area contributed by atoms with Crippen LogP contribution in [0.15, 0.2) is 0 Å². The lowest BCUT2D eigenvalue weighted by Gasteiger charge is -2.19. The number of rotatable bonds is 9. The van der Waals surface area contributed by atoms with Crippen molar-refractivity contribution in [2.75, 3.05) is 6.54 Å². The van der Waals surface area contributed by atoms with Crippen molar-refractivity contribution in [1.29, 1.82) is 0 Å². The fourth-order valence-electron chi connectivity index (χ4n) is 1.64. The lowest BCUT2D eigenvalue weighted by atomic mass is 10.1. The van der Waals surface area contributed by atoms with Gasteiger partial charge in [0.05, 0.1) is 6.04 Å². The Labute approximate surface area is 100 Å². The minimum atomic E-state index is -0.0799. The van der Waals surface area contributed by atoms with E-state index in [1.807, 2.05) is 6.92 Å². The molecule has 0 heterocycles. The van der Waals surface area contributed by atoms with E-state index in [0.29, 0.717) is 6.04 Å². The second-order valence-corrected chi connectivity index (χ2v) is 4.58. The predicted molar refractivity (Wildman–Crippen MR) is 69.5 cm³/mol. The van der Waals surface area contributed by atoms with Crippen LogP contribution in [0.5, 0.6) is 0 Å². The van der Waals surface area contributed by atoms with Crippen LogP contribution in [0.25, 0.3) is 0 Å². The molecule has 3 nitrogen and oxygen atoms in total. The molecular weight excluding hydrogens is 200 g/mol. The number of carbonyl (C=O) groups is 1. The molecule has 3 heteroatoms. The van der Waals surface area contributed by atoms with Crippen LogP contribution in [-0.2, 0) is 4.79 Å². The summed E-state index contributed by atoms with van der Waals surface area (Å²) in [5.41, 5.74) is 0. The van der Waals surface area contributed by atoms with Crippen LogP contribution >= 0.6 is 0 Å². The Morgan fingerprint density at radius 2 is 1.75 bits per heavy atom. The molecule has 0 aromatic carbocycles. The predicted octanol–water partition coefficient (Wildman–Crippen LogP) is 2.46. The van der Waals surface area contributed by atoms with E-state index in [0.717, 1.165) is 25.8 Å². The minimum absolute atomic E-state index is 0.0799. The SMILES string of the molecule is CCCCNC(=O)C(C)NC(C)CCCC. The fourth-order valence-corrected chi connectivity index (χ4v) is 1.64. The normalized spacial score (nSPS) is 14.5. The molecule has 0 rings (SSSR count). The third kappa shape index (κ3) is 7.69. The zero-order valence-electron chi connectivity index (χ0n) is 11.3. The lowest BCUT2D eigenvalue weighted by Crippen LogP contribution is -2.45. The van der Waals surface area contributed by atoms with E-state index in [-0.39, 0.29) is 11.9 Å². The van der Waals surface area contributed by atoms with Gasteiger partial charge in [0.25, 0.3) is 0 Å². The molecule has 1 amide bonds. The van der Waals surface area contributed by atoms with Gasteiger partial charge in [-0.25, -0.2) is 0 Å². The van der Waals surface area contributed by atoms with Gasteiger partial charge in [-0.1, -0.05) is 33.1 Å². The maximum absolute atomic E-state index is 11.7. The van der Waals surface area contributed by atoms with Gasteiger partial charge in [-0.3, -0.25) is 4.79 Å². The van der Waals surface area contributed by atoms with E-state index in [1.165, 1.54) is 12.8 Å². The van der Waals surface area contributed by atoms with Gasteiger partial charge in [0.1, 0.15) is 0 Å². The van der Waals surface area contributed by atoms with Crippen molar-refractivity contribution in [3.63, 3.8) is 0 Å². The van der Waals surface area contributed by atoms with Crippen molar-refractivity contribution in [3.8, 4) is 0 Å². The molecule has 0 spiro atoms. The van der Waals surface area contributed by atoms with Gasteiger partial charge in [-0.15, -0.1) is 0 Å². The van der Waals surface area contributed by atoms with Crippen LogP contribution < -0.4 is 10.6 Å². The van der Waals surface area contributed by atoms with Crippen LogP contribution in [0.2, 0.25) is 0 Å². The molecule has 0 aromatic heterocycles. The first-order valence-electron chi connectivity index (χ1n) is 6.65. The standard InChI is InChI=1S/C13H28N2O/c1-5-7-9-11(3)15-12(4)13(16)14-10-8-6-2/h11-12,15H,5-10H2,1-4H3,(H,14,16). The Kier molecular flexibility index (Phi) is 9.30. The summed E-state index contributed by atoms with van der Waals surface area (Å²) in [4.78, 5) is 11.7. The van der Waals surface area contributed by atoms with Crippen molar-refractivity contribution < 1.29 is 4.79 Å². The Bertz CT molecular complexity index is 183. The van der Waals surface area contributed by atoms with Crippen LogP contribution in [0.3, 0.4) is 0 Å². The first-order valence-corrected chi connectivity index (χ1v) is 6.65. The monoisotopic (exact) mass is 228 g/mol. The first kappa shape index (κ1) is 15.4. The van der Waals surface area contributed by atoms with E-state index in [1.54, 1.807) is 0 Å². The van der Waals surface area contributed by atoms with E-state index in [9.17, 15) is 4.79 Å². The summed E-state index contributed by atoms with van der Waals surface area (Å²) in [6.45, 7) is 9.19. The van der Waals surface area contributed by atoms with Gasteiger partial charge >= 0.3 is 0 Å². The number of carbonyl (C=O) groups excluding carboxylic acids is 1. The maximum atomic E-state index is 11.7. The summed E-state index contributed by atoms with van der Waals surface area (Å²) >= 11 is 0. The summed E-state index contributed by atoms with van der Waals surface area (Å²) < 4.78 is 0. The third-order valence-corrected chi connectivity index (χ3v) is 2.75. The summed E-state index contributed by atoms with van der Waals surface area (Å²) in [6, 6.07) is 0.343. The summed E-state index contributed by atoms with van der Waals surface area (Å²) in [5.74, 6) is 0.122. The highest BCUT2D eigenvalue weighted by molar-refractivity contribution is 5.81. The van der Waals surface area contributed by atoms with E-state index < -0.39 is 0 Å². The fraction of sp³-hybridized carbons (Fsp3) is 0.923. The molecule has 16 heavy (non-hydrogen) atoms. The molecule has 0 bridgehead atoms. The summed E-state index contributed by atoms with van der Waals surface area (Å²) in [7, 11) is 0. The Balaban J connectivity index is 3.68. The van der Waals surface area contributed by atoms with Crippen molar-refractivity contribution in [1.82, 2.24) is 10.6 Å². The molecule has 0 aliphatic heterocycles. The van der Waals surface area contributed by atoms with Gasteiger partial charge < -0.3 is 10.6 Å². The summed E-state index contributed by atoms with van der Waals surface area (Å²) in [5, 5.41) is 6.27. The second kappa shape index (κ2) is 9.64. The largest absolute Gasteiger partial charge is 0.355 e. The van der Waals surface area contributed by atoms with Crippen molar-refractivity contribution in [2.24, 2.45) is 0 Å². The van der Waals surface area contributed by atoms with Crippen LogP contribution in [0.1, 0.15) is 59.8 Å². The number of hydrogen-bond acceptors (Lipinski definition) is 2. The molecular formula is C13H28N2O. The molecule has 0 aromatic rings. The van der Waals surface area contributed by atoms with E-state index in [4.69, 9.17) is 0 Å². The average Bonchev–Trinajstić information content (AvgIpc) is 2.26. The maximum Gasteiger partial charge on any atom is 0.236 e. The van der Waals surface area contributed by atoms with Gasteiger partial charge in [-0.2, -0.15) is 0 Å². The Morgan fingerprint density at radius 1 is 1.12 bits per heavy atom. The molecule has 0 saturated carbocycles. The highest BCUT2D eigenvalue weighted by Gasteiger charge is 2.13. The number of unbranched alkanes of at least 4 members (excludes halogenated alkanes) is 2. The molecule has 96 valence electrons. The molecule has 0 aliphatic rings. The average molecular weight is 228 g/mol. The second-order valence-electron chi connectivity index (χ2n) is 4.58. The molecule has 2 unspecified atom stereocenters. The Morgan fingerprint density at radius 3 is 2.31 bits per heavy atom. The van der Waals surface area contributed by atoms with E-state index in [2.05, 4.69) is 31.4 Å². The minimum Gasteiger partial charge on any atom is -0.355 e. The van der Waals surface area contributed by atoms with Crippen molar-refractivity contribution >= 4 is 5.91 Å². The zero-order chi connectivity index (χ0) is 12.4. The van der Waals surface area contributed by atoms with Crippen molar-refractivity contribution in [2.45, 2.75) is 71.9 Å². The molecule has 0 radical (unpaired) electrons. The number of nitrogens with one attached hydrogen (secondary N) is 2. The molecule has 0 fully saturated rings. The number of amides is 1. The van der Waals surface area contributed by atoms with Crippen LogP contribution in [0, 0.1) is 0 Å². The highest BCUT2D eigenvalue weighted by atomic mass is 16.2. The molecule has 2 N–H and O–H groups in total. The topological polar surface area (TPSA) is 41.1 Å². The lowest BCUT2D eigenvalue weighted by molar-refractivity contribution is -0.122. The third-order valence-electron chi connectivity index (χ3n) is 2.75. The van der Waals surface area contributed by atoms with Gasteiger partial charge in [0, 0.05) is 12.6 Å². The quantitative estimate of drug-likeness (QED) is 0.595. The van der Waals surface area contributed by atoms with Gasteiger partial charge in [0.15, 0.2) is 0 Å². The van der Waals surface area contributed by atoms with Crippen molar-refractivity contribution in [3.05, 3.63) is 0 Å². The van der Waals surface area contributed by atoms with Gasteiger partial charge in [-0.05, 0) is 26.7 Å².